The smallest absolute Gasteiger partial charge is 0.0900 e. The van der Waals surface area contributed by atoms with Crippen LogP contribution in [0, 0.1) is 18.8 Å². The zero-order valence-electron chi connectivity index (χ0n) is 8.08. The van der Waals surface area contributed by atoms with E-state index in [9.17, 15) is 0 Å². The third-order valence-corrected chi connectivity index (χ3v) is 3.92. The van der Waals surface area contributed by atoms with E-state index in [0.29, 0.717) is 18.4 Å². The van der Waals surface area contributed by atoms with E-state index in [1.54, 1.807) is 0 Å². The van der Waals surface area contributed by atoms with Crippen LogP contribution in [0.15, 0.2) is 0 Å². The first-order chi connectivity index (χ1) is 6.20. The third-order valence-electron chi connectivity index (χ3n) is 2.89. The molecule has 2 atom stereocenters. The SMILES string of the molecule is Cc1nc2c(s1)C[C@@H](C)[C@@H](CO)C2. The molecule has 0 bridgehead atoms. The largest absolute Gasteiger partial charge is 0.396 e. The summed E-state index contributed by atoms with van der Waals surface area (Å²) in [5.74, 6) is 1.03. The fourth-order valence-corrected chi connectivity index (χ4v) is 3.09. The van der Waals surface area contributed by atoms with Crippen molar-refractivity contribution in [1.29, 1.82) is 0 Å². The van der Waals surface area contributed by atoms with Crippen molar-refractivity contribution in [2.24, 2.45) is 11.8 Å². The predicted molar refractivity (Wildman–Crippen MR) is 54.0 cm³/mol. The Morgan fingerprint density at radius 3 is 3.00 bits per heavy atom. The number of fused-ring (bicyclic) bond motifs is 1. The Hall–Kier alpha value is -0.410. The summed E-state index contributed by atoms with van der Waals surface area (Å²) in [6.45, 7) is 4.58. The van der Waals surface area contributed by atoms with Crippen LogP contribution in [0.4, 0.5) is 0 Å². The lowest BCUT2D eigenvalue weighted by atomic mass is 9.82. The molecule has 0 aliphatic heterocycles. The summed E-state index contributed by atoms with van der Waals surface area (Å²) < 4.78 is 0. The molecule has 0 saturated carbocycles. The molecule has 1 N–H and O–H groups in total. The molecule has 0 saturated heterocycles. The van der Waals surface area contributed by atoms with Gasteiger partial charge in [-0.15, -0.1) is 11.3 Å². The van der Waals surface area contributed by atoms with E-state index in [4.69, 9.17) is 5.11 Å². The molecule has 0 unspecified atom stereocenters. The molecule has 1 aliphatic carbocycles. The molecule has 72 valence electrons. The van der Waals surface area contributed by atoms with E-state index in [1.165, 1.54) is 10.6 Å². The molecule has 0 radical (unpaired) electrons. The van der Waals surface area contributed by atoms with E-state index < -0.39 is 0 Å². The lowest BCUT2D eigenvalue weighted by Gasteiger charge is -2.25. The molecule has 13 heavy (non-hydrogen) atoms. The number of aliphatic hydroxyl groups excluding tert-OH is 1. The van der Waals surface area contributed by atoms with Gasteiger partial charge in [-0.2, -0.15) is 0 Å². The Bertz CT molecular complexity index is 308. The van der Waals surface area contributed by atoms with Crippen LogP contribution in [0.2, 0.25) is 0 Å². The monoisotopic (exact) mass is 197 g/mol. The number of nitrogens with zero attached hydrogens (tertiary/aromatic N) is 1. The van der Waals surface area contributed by atoms with Crippen molar-refractivity contribution in [3.8, 4) is 0 Å². The van der Waals surface area contributed by atoms with Gasteiger partial charge in [-0.3, -0.25) is 0 Å². The first-order valence-electron chi connectivity index (χ1n) is 4.76. The van der Waals surface area contributed by atoms with Crippen molar-refractivity contribution in [2.75, 3.05) is 6.61 Å². The topological polar surface area (TPSA) is 33.1 Å². The maximum absolute atomic E-state index is 9.17. The van der Waals surface area contributed by atoms with Crippen LogP contribution in [0.5, 0.6) is 0 Å². The van der Waals surface area contributed by atoms with Gasteiger partial charge in [0.1, 0.15) is 0 Å². The first kappa shape index (κ1) is 9.16. The van der Waals surface area contributed by atoms with Crippen LogP contribution < -0.4 is 0 Å². The number of hydrogen-bond acceptors (Lipinski definition) is 3. The molecule has 1 aliphatic rings. The molecule has 1 heterocycles. The summed E-state index contributed by atoms with van der Waals surface area (Å²) in [5, 5.41) is 10.3. The van der Waals surface area contributed by atoms with E-state index >= 15 is 0 Å². The highest BCUT2D eigenvalue weighted by Gasteiger charge is 2.27. The minimum absolute atomic E-state index is 0.303. The molecule has 2 nitrogen and oxygen atoms in total. The number of rotatable bonds is 1. The molecule has 0 fully saturated rings. The zero-order chi connectivity index (χ0) is 9.42. The number of aromatic nitrogens is 1. The number of hydrogen-bond donors (Lipinski definition) is 1. The predicted octanol–water partition coefficient (Wildman–Crippen LogP) is 1.79. The summed E-state index contributed by atoms with van der Waals surface area (Å²) in [6.07, 6.45) is 2.07. The highest BCUT2D eigenvalue weighted by Crippen LogP contribution is 2.32. The van der Waals surface area contributed by atoms with Gasteiger partial charge in [0.2, 0.25) is 0 Å². The van der Waals surface area contributed by atoms with Gasteiger partial charge in [-0.05, 0) is 31.6 Å². The third kappa shape index (κ3) is 1.63. The Morgan fingerprint density at radius 2 is 2.31 bits per heavy atom. The van der Waals surface area contributed by atoms with E-state index in [-0.39, 0.29) is 0 Å². The molecule has 0 aromatic carbocycles. The summed E-state index contributed by atoms with van der Waals surface area (Å²) in [5.41, 5.74) is 1.24. The minimum Gasteiger partial charge on any atom is -0.396 e. The highest BCUT2D eigenvalue weighted by molar-refractivity contribution is 7.11. The van der Waals surface area contributed by atoms with Gasteiger partial charge in [0.05, 0.1) is 10.7 Å². The van der Waals surface area contributed by atoms with Crippen LogP contribution in [-0.2, 0) is 12.8 Å². The lowest BCUT2D eigenvalue weighted by molar-refractivity contribution is 0.174. The Morgan fingerprint density at radius 1 is 1.54 bits per heavy atom. The fraction of sp³-hybridized carbons (Fsp3) is 0.700. The van der Waals surface area contributed by atoms with Gasteiger partial charge >= 0.3 is 0 Å². The molecule has 0 amide bonds. The average Bonchev–Trinajstić information content (AvgIpc) is 2.42. The number of thiazole rings is 1. The van der Waals surface area contributed by atoms with Gasteiger partial charge in [0, 0.05) is 11.5 Å². The molecule has 2 rings (SSSR count). The standard InChI is InChI=1S/C10H15NOS/c1-6-3-10-9(4-8(6)5-12)11-7(2)13-10/h6,8,12H,3-5H2,1-2H3/t6-,8-/m1/s1. The number of aliphatic hydroxyl groups is 1. The van der Waals surface area contributed by atoms with Crippen molar-refractivity contribution >= 4 is 11.3 Å². The Labute approximate surface area is 82.6 Å². The van der Waals surface area contributed by atoms with Crippen molar-refractivity contribution < 1.29 is 5.11 Å². The molecule has 1 aromatic heterocycles. The first-order valence-corrected chi connectivity index (χ1v) is 5.58. The quantitative estimate of drug-likeness (QED) is 0.744. The van der Waals surface area contributed by atoms with E-state index in [2.05, 4.69) is 18.8 Å². The maximum atomic E-state index is 9.17. The lowest BCUT2D eigenvalue weighted by Crippen LogP contribution is -2.25. The second-order valence-electron chi connectivity index (χ2n) is 3.93. The van der Waals surface area contributed by atoms with Gasteiger partial charge in [0.15, 0.2) is 0 Å². The van der Waals surface area contributed by atoms with Crippen LogP contribution in [0.3, 0.4) is 0 Å². The van der Waals surface area contributed by atoms with Crippen LogP contribution in [0.1, 0.15) is 22.5 Å². The van der Waals surface area contributed by atoms with Gasteiger partial charge in [-0.25, -0.2) is 4.98 Å². The molecule has 3 heteroatoms. The van der Waals surface area contributed by atoms with Gasteiger partial charge in [-0.1, -0.05) is 6.92 Å². The summed E-state index contributed by atoms with van der Waals surface area (Å²) in [7, 11) is 0. The molecule has 1 aromatic rings. The second kappa shape index (κ2) is 3.39. The maximum Gasteiger partial charge on any atom is 0.0900 e. The van der Waals surface area contributed by atoms with Crippen molar-refractivity contribution in [1.82, 2.24) is 4.98 Å². The summed E-state index contributed by atoms with van der Waals surface area (Å²) in [6, 6.07) is 0. The van der Waals surface area contributed by atoms with Crippen LogP contribution >= 0.6 is 11.3 Å². The van der Waals surface area contributed by atoms with Crippen molar-refractivity contribution in [2.45, 2.75) is 26.7 Å². The van der Waals surface area contributed by atoms with Crippen LogP contribution in [0.25, 0.3) is 0 Å². The highest BCUT2D eigenvalue weighted by atomic mass is 32.1. The normalized spacial score (nSPS) is 27.3. The van der Waals surface area contributed by atoms with Crippen molar-refractivity contribution in [3.05, 3.63) is 15.6 Å². The second-order valence-corrected chi connectivity index (χ2v) is 5.22. The van der Waals surface area contributed by atoms with Crippen molar-refractivity contribution in [3.63, 3.8) is 0 Å². The Balaban J connectivity index is 2.27. The number of aryl methyl sites for hydroxylation is 1. The average molecular weight is 197 g/mol. The molecule has 0 spiro atoms. The summed E-state index contributed by atoms with van der Waals surface area (Å²) in [4.78, 5) is 5.93. The van der Waals surface area contributed by atoms with Gasteiger partial charge < -0.3 is 5.11 Å². The molecular formula is C10H15NOS. The molecular weight excluding hydrogens is 182 g/mol. The van der Waals surface area contributed by atoms with E-state index in [0.717, 1.165) is 17.8 Å². The Kier molecular flexibility index (Phi) is 2.39. The van der Waals surface area contributed by atoms with Gasteiger partial charge in [0.25, 0.3) is 0 Å². The minimum atomic E-state index is 0.303. The summed E-state index contributed by atoms with van der Waals surface area (Å²) >= 11 is 1.81. The fourth-order valence-electron chi connectivity index (χ4n) is 1.98. The zero-order valence-corrected chi connectivity index (χ0v) is 8.90. The van der Waals surface area contributed by atoms with E-state index in [1.807, 2.05) is 11.3 Å². The van der Waals surface area contributed by atoms with Crippen LogP contribution in [-0.4, -0.2) is 16.7 Å².